The van der Waals surface area contributed by atoms with Crippen LogP contribution in [0.4, 0.5) is 0 Å². The first-order valence-electron chi connectivity index (χ1n) is 5.57. The lowest BCUT2D eigenvalue weighted by Crippen LogP contribution is -2.10. The molecule has 0 bridgehead atoms. The van der Waals surface area contributed by atoms with Crippen LogP contribution in [0.2, 0.25) is 0 Å². The molecule has 0 radical (unpaired) electrons. The molecule has 0 aromatic heterocycles. The summed E-state index contributed by atoms with van der Waals surface area (Å²) in [5, 5.41) is 0. The van der Waals surface area contributed by atoms with E-state index in [0.717, 1.165) is 25.7 Å². The lowest BCUT2D eigenvalue weighted by Gasteiger charge is -2.07. The normalized spacial score (nSPS) is 17.2. The summed E-state index contributed by atoms with van der Waals surface area (Å²) < 4.78 is 22.1. The minimum Gasteiger partial charge on any atom is -0.294 e. The highest BCUT2D eigenvalue weighted by Gasteiger charge is 2.23. The van der Waals surface area contributed by atoms with Gasteiger partial charge >= 0.3 is 0 Å². The van der Waals surface area contributed by atoms with Gasteiger partial charge in [-0.25, -0.2) is 8.42 Å². The molecule has 0 heterocycles. The van der Waals surface area contributed by atoms with Crippen LogP contribution < -0.4 is 0 Å². The summed E-state index contributed by atoms with van der Waals surface area (Å²) in [7, 11) is 1.50. The third-order valence-corrected chi connectivity index (χ3v) is 4.52. The number of halogens is 1. The minimum atomic E-state index is -3.70. The second kappa shape index (κ2) is 4.78. The SMILES string of the molecule is O=C(c1ccc(S(=O)(=O)Cl)cc1)C1CCCC1. The van der Waals surface area contributed by atoms with Crippen LogP contribution in [-0.4, -0.2) is 14.2 Å². The molecule has 1 aromatic rings. The Morgan fingerprint density at radius 1 is 1.12 bits per heavy atom. The van der Waals surface area contributed by atoms with Crippen LogP contribution >= 0.6 is 10.7 Å². The molecule has 0 unspecified atom stereocenters. The van der Waals surface area contributed by atoms with E-state index in [0.29, 0.717) is 5.56 Å². The number of benzene rings is 1. The third kappa shape index (κ3) is 2.87. The van der Waals surface area contributed by atoms with Gasteiger partial charge in [0.25, 0.3) is 9.05 Å². The number of Topliss-reactive ketones (excluding diaryl/α,β-unsaturated/α-hetero) is 1. The molecule has 0 saturated heterocycles. The molecule has 1 fully saturated rings. The number of carbonyl (C=O) groups is 1. The van der Waals surface area contributed by atoms with Crippen LogP contribution in [0.15, 0.2) is 29.2 Å². The van der Waals surface area contributed by atoms with Crippen LogP contribution in [0.5, 0.6) is 0 Å². The second-order valence-electron chi connectivity index (χ2n) is 4.31. The molecule has 1 aliphatic carbocycles. The van der Waals surface area contributed by atoms with Crippen LogP contribution in [0.3, 0.4) is 0 Å². The Morgan fingerprint density at radius 2 is 1.65 bits per heavy atom. The highest BCUT2D eigenvalue weighted by atomic mass is 35.7. The molecular formula is C12H13ClO3S. The van der Waals surface area contributed by atoms with Gasteiger partial charge < -0.3 is 0 Å². The molecule has 17 heavy (non-hydrogen) atoms. The van der Waals surface area contributed by atoms with Crippen molar-refractivity contribution in [2.75, 3.05) is 0 Å². The average molecular weight is 273 g/mol. The summed E-state index contributed by atoms with van der Waals surface area (Å²) >= 11 is 0. The van der Waals surface area contributed by atoms with Crippen molar-refractivity contribution in [2.24, 2.45) is 5.92 Å². The summed E-state index contributed by atoms with van der Waals surface area (Å²) in [6.07, 6.45) is 4.08. The topological polar surface area (TPSA) is 51.2 Å². The molecule has 0 spiro atoms. The van der Waals surface area contributed by atoms with Gasteiger partial charge in [-0.15, -0.1) is 0 Å². The smallest absolute Gasteiger partial charge is 0.261 e. The first-order chi connectivity index (χ1) is 7.98. The Bertz CT molecular complexity index is 513. The van der Waals surface area contributed by atoms with E-state index in [-0.39, 0.29) is 16.6 Å². The van der Waals surface area contributed by atoms with Crippen LogP contribution in [0, 0.1) is 5.92 Å². The quantitative estimate of drug-likeness (QED) is 0.628. The van der Waals surface area contributed by atoms with E-state index in [1.54, 1.807) is 0 Å². The van der Waals surface area contributed by atoms with Gasteiger partial charge in [-0.05, 0) is 25.0 Å². The van der Waals surface area contributed by atoms with Crippen molar-refractivity contribution in [3.8, 4) is 0 Å². The van der Waals surface area contributed by atoms with Crippen molar-refractivity contribution >= 4 is 25.5 Å². The number of rotatable bonds is 3. The molecule has 3 nitrogen and oxygen atoms in total. The fourth-order valence-corrected chi connectivity index (χ4v) is 2.98. The zero-order valence-corrected chi connectivity index (χ0v) is 10.8. The maximum absolute atomic E-state index is 12.0. The molecule has 1 saturated carbocycles. The largest absolute Gasteiger partial charge is 0.294 e. The van der Waals surface area contributed by atoms with Crippen LogP contribution in [0.25, 0.3) is 0 Å². The van der Waals surface area contributed by atoms with Gasteiger partial charge in [0, 0.05) is 22.2 Å². The molecule has 0 atom stereocenters. The van der Waals surface area contributed by atoms with Crippen molar-refractivity contribution in [3.05, 3.63) is 29.8 Å². The van der Waals surface area contributed by atoms with E-state index >= 15 is 0 Å². The molecule has 2 rings (SSSR count). The Morgan fingerprint density at radius 3 is 2.12 bits per heavy atom. The van der Waals surface area contributed by atoms with Gasteiger partial charge in [-0.3, -0.25) is 4.79 Å². The molecule has 5 heteroatoms. The van der Waals surface area contributed by atoms with E-state index in [9.17, 15) is 13.2 Å². The molecule has 0 aliphatic heterocycles. The van der Waals surface area contributed by atoms with Gasteiger partial charge in [-0.1, -0.05) is 25.0 Å². The molecule has 92 valence electrons. The molecule has 0 N–H and O–H groups in total. The summed E-state index contributed by atoms with van der Waals surface area (Å²) in [5.74, 6) is 0.217. The van der Waals surface area contributed by atoms with Crippen molar-refractivity contribution in [1.29, 1.82) is 0 Å². The molecule has 1 aliphatic rings. The number of carbonyl (C=O) groups excluding carboxylic acids is 1. The number of hydrogen-bond acceptors (Lipinski definition) is 3. The van der Waals surface area contributed by atoms with Gasteiger partial charge in [-0.2, -0.15) is 0 Å². The Hall–Kier alpha value is -0.870. The maximum Gasteiger partial charge on any atom is 0.261 e. The number of ketones is 1. The number of hydrogen-bond donors (Lipinski definition) is 0. The van der Waals surface area contributed by atoms with Crippen molar-refractivity contribution in [1.82, 2.24) is 0 Å². The fourth-order valence-electron chi connectivity index (χ4n) is 2.21. The summed E-state index contributed by atoms with van der Waals surface area (Å²) in [6.45, 7) is 0. The zero-order valence-electron chi connectivity index (χ0n) is 9.23. The van der Waals surface area contributed by atoms with Gasteiger partial charge in [0.1, 0.15) is 0 Å². The Kier molecular flexibility index (Phi) is 3.54. The first kappa shape index (κ1) is 12.6. The predicted molar refractivity (Wildman–Crippen MR) is 65.8 cm³/mol. The van der Waals surface area contributed by atoms with E-state index in [2.05, 4.69) is 0 Å². The van der Waals surface area contributed by atoms with Gasteiger partial charge in [0.15, 0.2) is 5.78 Å². The monoisotopic (exact) mass is 272 g/mol. The Labute approximate surface area is 105 Å². The van der Waals surface area contributed by atoms with Crippen molar-refractivity contribution in [2.45, 2.75) is 30.6 Å². The van der Waals surface area contributed by atoms with Gasteiger partial charge in [0.05, 0.1) is 4.90 Å². The summed E-state index contributed by atoms with van der Waals surface area (Å²) in [6, 6.07) is 5.83. The minimum absolute atomic E-state index is 0.0298. The Balaban J connectivity index is 2.20. The van der Waals surface area contributed by atoms with Crippen LogP contribution in [-0.2, 0) is 9.05 Å². The zero-order chi connectivity index (χ0) is 12.5. The third-order valence-electron chi connectivity index (χ3n) is 3.15. The first-order valence-corrected chi connectivity index (χ1v) is 7.88. The second-order valence-corrected chi connectivity index (χ2v) is 6.87. The lowest BCUT2D eigenvalue weighted by molar-refractivity contribution is 0.0923. The van der Waals surface area contributed by atoms with Gasteiger partial charge in [0.2, 0.25) is 0 Å². The average Bonchev–Trinajstić information content (AvgIpc) is 2.80. The standard InChI is InChI=1S/C12H13ClO3S/c13-17(15,16)11-7-5-10(6-8-11)12(14)9-3-1-2-4-9/h5-9H,1-4H2. The predicted octanol–water partition coefficient (Wildman–Crippen LogP) is 2.99. The summed E-state index contributed by atoms with van der Waals surface area (Å²) in [4.78, 5) is 12.1. The maximum atomic E-state index is 12.0. The summed E-state index contributed by atoms with van der Waals surface area (Å²) in [5.41, 5.74) is 0.570. The van der Waals surface area contributed by atoms with Crippen molar-refractivity contribution < 1.29 is 13.2 Å². The highest BCUT2D eigenvalue weighted by Crippen LogP contribution is 2.28. The molecule has 1 aromatic carbocycles. The van der Waals surface area contributed by atoms with E-state index in [4.69, 9.17) is 10.7 Å². The van der Waals surface area contributed by atoms with Crippen LogP contribution in [0.1, 0.15) is 36.0 Å². The highest BCUT2D eigenvalue weighted by molar-refractivity contribution is 8.13. The van der Waals surface area contributed by atoms with Crippen molar-refractivity contribution in [3.63, 3.8) is 0 Å². The fraction of sp³-hybridized carbons (Fsp3) is 0.417. The molecular weight excluding hydrogens is 260 g/mol. The van der Waals surface area contributed by atoms with E-state index in [1.165, 1.54) is 24.3 Å². The van der Waals surface area contributed by atoms with E-state index < -0.39 is 9.05 Å². The molecule has 0 amide bonds. The van der Waals surface area contributed by atoms with E-state index in [1.807, 2.05) is 0 Å². The lowest BCUT2D eigenvalue weighted by atomic mass is 9.96.